The zero-order valence-corrected chi connectivity index (χ0v) is 12.7. The van der Waals surface area contributed by atoms with Crippen molar-refractivity contribution in [2.45, 2.75) is 32.4 Å². The summed E-state index contributed by atoms with van der Waals surface area (Å²) < 4.78 is 3.02. The van der Waals surface area contributed by atoms with Gasteiger partial charge < -0.3 is 0 Å². The van der Waals surface area contributed by atoms with E-state index in [0.29, 0.717) is 0 Å². The van der Waals surface area contributed by atoms with Crippen LogP contribution in [0.1, 0.15) is 30.6 Å². The molecule has 1 atom stereocenters. The van der Waals surface area contributed by atoms with Gasteiger partial charge in [0.15, 0.2) is 0 Å². The Balaban J connectivity index is 2.23. The van der Waals surface area contributed by atoms with Crippen molar-refractivity contribution in [3.63, 3.8) is 0 Å². The first-order valence-corrected chi connectivity index (χ1v) is 7.68. The van der Waals surface area contributed by atoms with Gasteiger partial charge in [0.2, 0.25) is 0 Å². The maximum absolute atomic E-state index is 5.71. The van der Waals surface area contributed by atoms with Gasteiger partial charge in [-0.05, 0) is 51.2 Å². The average molecular weight is 329 g/mol. The van der Waals surface area contributed by atoms with Crippen molar-refractivity contribution >= 4 is 27.3 Å². The zero-order chi connectivity index (χ0) is 13.0. The van der Waals surface area contributed by atoms with Crippen LogP contribution in [0, 0.1) is 0 Å². The van der Waals surface area contributed by atoms with Gasteiger partial charge in [-0.2, -0.15) is 16.4 Å². The molecule has 2 heterocycles. The fraction of sp³-hybridized carbons (Fsp3) is 0.417. The number of nitrogens with zero attached hydrogens (tertiary/aromatic N) is 2. The number of thiophene rings is 1. The summed E-state index contributed by atoms with van der Waals surface area (Å²) in [7, 11) is 0. The first kappa shape index (κ1) is 13.7. The zero-order valence-electron chi connectivity index (χ0n) is 10.3. The van der Waals surface area contributed by atoms with E-state index in [1.54, 1.807) is 11.3 Å². The van der Waals surface area contributed by atoms with Crippen molar-refractivity contribution in [1.29, 1.82) is 0 Å². The van der Waals surface area contributed by atoms with Gasteiger partial charge in [-0.1, -0.05) is 6.92 Å². The fourth-order valence-corrected chi connectivity index (χ4v) is 3.24. The van der Waals surface area contributed by atoms with Crippen LogP contribution in [0.25, 0.3) is 0 Å². The van der Waals surface area contributed by atoms with E-state index in [9.17, 15) is 0 Å². The largest absolute Gasteiger partial charge is 0.271 e. The molecule has 2 rings (SSSR count). The Morgan fingerprint density at radius 1 is 1.61 bits per heavy atom. The van der Waals surface area contributed by atoms with E-state index in [1.165, 1.54) is 5.56 Å². The van der Waals surface area contributed by atoms with E-state index in [2.05, 4.69) is 50.2 Å². The molecule has 1 unspecified atom stereocenters. The maximum atomic E-state index is 5.71. The Morgan fingerprint density at radius 2 is 2.44 bits per heavy atom. The number of hydrogen-bond donors (Lipinski definition) is 2. The van der Waals surface area contributed by atoms with E-state index in [0.717, 1.165) is 29.6 Å². The lowest BCUT2D eigenvalue weighted by atomic mass is 10.1. The Bertz CT molecular complexity index is 480. The standard InChI is InChI=1S/C12H17BrN4S/c1-2-4-17-12(10(13)7-15-17)11(16-14)6-9-3-5-18-8-9/h3,5,7-8,11,16H,2,4,6,14H2,1H3. The minimum Gasteiger partial charge on any atom is -0.271 e. The molecular formula is C12H17BrN4S. The summed E-state index contributed by atoms with van der Waals surface area (Å²) in [6.45, 7) is 3.05. The monoisotopic (exact) mass is 328 g/mol. The lowest BCUT2D eigenvalue weighted by Crippen LogP contribution is -2.31. The number of nitrogens with one attached hydrogen (secondary N) is 1. The summed E-state index contributed by atoms with van der Waals surface area (Å²) in [6, 6.07) is 2.20. The number of hydrazine groups is 1. The Kier molecular flexibility index (Phi) is 4.94. The predicted molar refractivity (Wildman–Crippen MR) is 78.3 cm³/mol. The van der Waals surface area contributed by atoms with Crippen LogP contribution >= 0.6 is 27.3 Å². The molecule has 0 aliphatic rings. The second-order valence-electron chi connectivity index (χ2n) is 4.16. The van der Waals surface area contributed by atoms with Crippen LogP contribution in [0.5, 0.6) is 0 Å². The predicted octanol–water partition coefficient (Wildman–Crippen LogP) is 2.86. The smallest absolute Gasteiger partial charge is 0.0712 e. The number of aromatic nitrogens is 2. The van der Waals surface area contributed by atoms with E-state index in [4.69, 9.17) is 5.84 Å². The first-order valence-electron chi connectivity index (χ1n) is 5.94. The van der Waals surface area contributed by atoms with Gasteiger partial charge in [0.05, 0.1) is 22.4 Å². The van der Waals surface area contributed by atoms with Crippen molar-refractivity contribution in [3.05, 3.63) is 38.8 Å². The highest BCUT2D eigenvalue weighted by molar-refractivity contribution is 9.10. The number of nitrogens with two attached hydrogens (primary N) is 1. The third kappa shape index (κ3) is 3.00. The summed E-state index contributed by atoms with van der Waals surface area (Å²) in [4.78, 5) is 0. The second kappa shape index (κ2) is 6.47. The van der Waals surface area contributed by atoms with Crippen molar-refractivity contribution in [2.75, 3.05) is 0 Å². The second-order valence-corrected chi connectivity index (χ2v) is 5.79. The third-order valence-electron chi connectivity index (χ3n) is 2.82. The minimum atomic E-state index is 0.0722. The summed E-state index contributed by atoms with van der Waals surface area (Å²) in [6.07, 6.45) is 3.76. The van der Waals surface area contributed by atoms with Gasteiger partial charge in [-0.25, -0.2) is 0 Å². The Morgan fingerprint density at radius 3 is 3.06 bits per heavy atom. The van der Waals surface area contributed by atoms with Crippen molar-refractivity contribution in [1.82, 2.24) is 15.2 Å². The molecule has 3 N–H and O–H groups in total. The Labute approximate surface area is 119 Å². The summed E-state index contributed by atoms with van der Waals surface area (Å²) in [5, 5.41) is 8.62. The molecule has 0 saturated heterocycles. The molecule has 0 aromatic carbocycles. The van der Waals surface area contributed by atoms with Crippen LogP contribution in [-0.4, -0.2) is 9.78 Å². The molecule has 0 saturated carbocycles. The third-order valence-corrected chi connectivity index (χ3v) is 4.16. The summed E-state index contributed by atoms with van der Waals surface area (Å²) in [5.41, 5.74) is 5.30. The molecule has 2 aromatic heterocycles. The average Bonchev–Trinajstić information content (AvgIpc) is 2.98. The van der Waals surface area contributed by atoms with Crippen LogP contribution in [0.4, 0.5) is 0 Å². The number of aryl methyl sites for hydroxylation is 1. The van der Waals surface area contributed by atoms with Crippen LogP contribution < -0.4 is 11.3 Å². The highest BCUT2D eigenvalue weighted by atomic mass is 79.9. The van der Waals surface area contributed by atoms with Crippen molar-refractivity contribution in [2.24, 2.45) is 5.84 Å². The Hall–Kier alpha value is -0.690. The minimum absolute atomic E-state index is 0.0722. The van der Waals surface area contributed by atoms with E-state index >= 15 is 0 Å². The molecule has 18 heavy (non-hydrogen) atoms. The summed E-state index contributed by atoms with van der Waals surface area (Å²) in [5.74, 6) is 5.71. The maximum Gasteiger partial charge on any atom is 0.0712 e. The lowest BCUT2D eigenvalue weighted by molar-refractivity contribution is 0.477. The van der Waals surface area contributed by atoms with Gasteiger partial charge in [-0.3, -0.25) is 16.0 Å². The van der Waals surface area contributed by atoms with Crippen LogP contribution in [0.3, 0.4) is 0 Å². The molecule has 0 amide bonds. The van der Waals surface area contributed by atoms with Gasteiger partial charge in [0.1, 0.15) is 0 Å². The molecule has 0 spiro atoms. The van der Waals surface area contributed by atoms with Gasteiger partial charge in [-0.15, -0.1) is 0 Å². The highest BCUT2D eigenvalue weighted by Crippen LogP contribution is 2.26. The molecule has 0 radical (unpaired) electrons. The molecule has 0 aliphatic carbocycles. The van der Waals surface area contributed by atoms with Crippen molar-refractivity contribution < 1.29 is 0 Å². The fourth-order valence-electron chi connectivity index (χ4n) is 1.99. The van der Waals surface area contributed by atoms with Crippen LogP contribution in [0.2, 0.25) is 0 Å². The highest BCUT2D eigenvalue weighted by Gasteiger charge is 2.19. The number of rotatable bonds is 6. The van der Waals surface area contributed by atoms with Gasteiger partial charge in [0.25, 0.3) is 0 Å². The van der Waals surface area contributed by atoms with E-state index in [1.807, 2.05) is 10.9 Å². The molecule has 0 fully saturated rings. The van der Waals surface area contributed by atoms with Crippen LogP contribution in [0.15, 0.2) is 27.5 Å². The van der Waals surface area contributed by atoms with Gasteiger partial charge in [0, 0.05) is 6.54 Å². The molecule has 2 aromatic rings. The van der Waals surface area contributed by atoms with E-state index in [-0.39, 0.29) is 6.04 Å². The van der Waals surface area contributed by atoms with Crippen LogP contribution in [-0.2, 0) is 13.0 Å². The topological polar surface area (TPSA) is 55.9 Å². The normalized spacial score (nSPS) is 12.8. The SMILES string of the molecule is CCCn1ncc(Br)c1C(Cc1ccsc1)NN. The van der Waals surface area contributed by atoms with Crippen molar-refractivity contribution in [3.8, 4) is 0 Å². The molecule has 6 heteroatoms. The number of hydrogen-bond acceptors (Lipinski definition) is 4. The number of halogens is 1. The quantitative estimate of drug-likeness (QED) is 0.633. The first-order chi connectivity index (χ1) is 8.76. The molecule has 0 aliphatic heterocycles. The lowest BCUT2D eigenvalue weighted by Gasteiger charge is -2.18. The molecular weight excluding hydrogens is 312 g/mol. The summed E-state index contributed by atoms with van der Waals surface area (Å²) >= 11 is 5.26. The van der Waals surface area contributed by atoms with E-state index < -0.39 is 0 Å². The molecule has 98 valence electrons. The molecule has 4 nitrogen and oxygen atoms in total. The van der Waals surface area contributed by atoms with Gasteiger partial charge >= 0.3 is 0 Å². The molecule has 0 bridgehead atoms.